The molecule has 0 aliphatic rings. The molecule has 0 spiro atoms. The molecular formula is C13H10N4O3. The van der Waals surface area contributed by atoms with Crippen LogP contribution in [0.4, 0.5) is 5.69 Å². The van der Waals surface area contributed by atoms with E-state index in [9.17, 15) is 10.2 Å². The van der Waals surface area contributed by atoms with Gasteiger partial charge in [0.1, 0.15) is 0 Å². The highest BCUT2D eigenvalue weighted by Gasteiger charge is 2.12. The van der Waals surface area contributed by atoms with Crippen LogP contribution < -0.4 is 5.73 Å². The lowest BCUT2D eigenvalue weighted by Gasteiger charge is -1.98. The minimum absolute atomic E-state index is 0.211. The van der Waals surface area contributed by atoms with Gasteiger partial charge in [-0.05, 0) is 24.3 Å². The summed E-state index contributed by atoms with van der Waals surface area (Å²) in [5.74, 6) is 0.0991. The molecule has 0 saturated carbocycles. The largest absolute Gasteiger partial charge is 0.504 e. The molecule has 100 valence electrons. The van der Waals surface area contributed by atoms with Gasteiger partial charge in [-0.15, -0.1) is 0 Å². The first-order valence-corrected chi connectivity index (χ1v) is 5.70. The van der Waals surface area contributed by atoms with Crippen molar-refractivity contribution in [2.45, 2.75) is 0 Å². The molecule has 20 heavy (non-hydrogen) atoms. The molecule has 7 nitrogen and oxygen atoms in total. The number of rotatable bonds is 2. The number of nitrogen functional groups attached to an aromatic ring is 1. The average molecular weight is 270 g/mol. The molecule has 4 N–H and O–H groups in total. The van der Waals surface area contributed by atoms with Crippen LogP contribution >= 0.6 is 0 Å². The fraction of sp³-hybridized carbons (Fsp3) is 0. The van der Waals surface area contributed by atoms with E-state index in [1.165, 1.54) is 18.3 Å². The van der Waals surface area contributed by atoms with Gasteiger partial charge < -0.3 is 20.5 Å². The Kier molecular flexibility index (Phi) is 2.72. The summed E-state index contributed by atoms with van der Waals surface area (Å²) in [5.41, 5.74) is 7.25. The maximum atomic E-state index is 9.46. The zero-order chi connectivity index (χ0) is 14.1. The normalized spacial score (nSPS) is 10.6. The topological polar surface area (TPSA) is 118 Å². The van der Waals surface area contributed by atoms with E-state index in [2.05, 4.69) is 15.1 Å². The van der Waals surface area contributed by atoms with Crippen molar-refractivity contribution in [3.63, 3.8) is 0 Å². The van der Waals surface area contributed by atoms with Crippen LogP contribution in [0.15, 0.2) is 41.2 Å². The van der Waals surface area contributed by atoms with Gasteiger partial charge in [0, 0.05) is 18.0 Å². The fourth-order valence-electron chi connectivity index (χ4n) is 1.70. The van der Waals surface area contributed by atoms with E-state index in [0.29, 0.717) is 16.8 Å². The second kappa shape index (κ2) is 4.54. The quantitative estimate of drug-likeness (QED) is 0.607. The van der Waals surface area contributed by atoms with E-state index in [1.807, 2.05) is 0 Å². The Balaban J connectivity index is 1.99. The lowest BCUT2D eigenvalue weighted by atomic mass is 10.2. The zero-order valence-corrected chi connectivity index (χ0v) is 10.2. The average Bonchev–Trinajstić information content (AvgIpc) is 2.92. The van der Waals surface area contributed by atoms with Gasteiger partial charge in [0.05, 0.1) is 11.3 Å². The number of aromatic hydroxyl groups is 2. The number of aromatic nitrogens is 3. The molecular weight excluding hydrogens is 260 g/mol. The van der Waals surface area contributed by atoms with Gasteiger partial charge in [-0.25, -0.2) is 0 Å². The molecule has 0 aliphatic carbocycles. The number of hydrogen-bond acceptors (Lipinski definition) is 7. The van der Waals surface area contributed by atoms with Crippen LogP contribution in [0.1, 0.15) is 0 Å². The molecule has 2 aromatic heterocycles. The summed E-state index contributed by atoms with van der Waals surface area (Å²) >= 11 is 0. The summed E-state index contributed by atoms with van der Waals surface area (Å²) in [7, 11) is 0. The molecule has 0 unspecified atom stereocenters. The third kappa shape index (κ3) is 2.12. The van der Waals surface area contributed by atoms with Crippen molar-refractivity contribution in [3.05, 3.63) is 36.7 Å². The van der Waals surface area contributed by atoms with E-state index in [-0.39, 0.29) is 23.2 Å². The molecule has 0 bridgehead atoms. The molecule has 0 radical (unpaired) electrons. The van der Waals surface area contributed by atoms with E-state index in [0.717, 1.165) is 0 Å². The molecule has 1 aromatic carbocycles. The van der Waals surface area contributed by atoms with Crippen molar-refractivity contribution in [3.8, 4) is 34.3 Å². The van der Waals surface area contributed by atoms with Crippen LogP contribution in [0.2, 0.25) is 0 Å². The number of anilines is 1. The molecule has 0 atom stereocenters. The van der Waals surface area contributed by atoms with Gasteiger partial charge >= 0.3 is 0 Å². The van der Waals surface area contributed by atoms with Gasteiger partial charge in [0.15, 0.2) is 11.5 Å². The van der Waals surface area contributed by atoms with Crippen LogP contribution in [0.3, 0.4) is 0 Å². The molecule has 0 amide bonds. The standard InChI is InChI=1S/C13H10N4O3/c14-9-3-8(5-15-6-9)13-16-12(17-20-13)7-1-2-10(18)11(19)4-7/h1-6,18-19H,14H2. The Morgan fingerprint density at radius 1 is 1.00 bits per heavy atom. The first-order valence-electron chi connectivity index (χ1n) is 5.70. The number of nitrogens with zero attached hydrogens (tertiary/aromatic N) is 3. The monoisotopic (exact) mass is 270 g/mol. The Labute approximate surface area is 113 Å². The number of nitrogens with two attached hydrogens (primary N) is 1. The minimum atomic E-state index is -0.250. The smallest absolute Gasteiger partial charge is 0.259 e. The lowest BCUT2D eigenvalue weighted by Crippen LogP contribution is -1.87. The number of hydrogen-bond donors (Lipinski definition) is 3. The van der Waals surface area contributed by atoms with Crippen LogP contribution in [0.25, 0.3) is 22.8 Å². The molecule has 0 aliphatic heterocycles. The first kappa shape index (κ1) is 12.0. The van der Waals surface area contributed by atoms with E-state index < -0.39 is 0 Å². The van der Waals surface area contributed by atoms with E-state index >= 15 is 0 Å². The van der Waals surface area contributed by atoms with E-state index in [4.69, 9.17) is 10.3 Å². The van der Waals surface area contributed by atoms with Gasteiger partial charge in [-0.3, -0.25) is 4.98 Å². The highest BCUT2D eigenvalue weighted by atomic mass is 16.5. The summed E-state index contributed by atoms with van der Waals surface area (Å²) in [6, 6.07) is 5.93. The van der Waals surface area contributed by atoms with Crippen LogP contribution in [0.5, 0.6) is 11.5 Å². The second-order valence-corrected chi connectivity index (χ2v) is 4.13. The van der Waals surface area contributed by atoms with Crippen molar-refractivity contribution >= 4 is 5.69 Å². The Bertz CT molecular complexity index is 770. The number of pyridine rings is 1. The van der Waals surface area contributed by atoms with E-state index in [1.54, 1.807) is 18.3 Å². The number of phenolic OH excluding ortho intramolecular Hbond substituents is 2. The summed E-state index contributed by atoms with van der Waals surface area (Å²) < 4.78 is 5.13. The summed E-state index contributed by atoms with van der Waals surface area (Å²) in [6.45, 7) is 0. The highest BCUT2D eigenvalue weighted by molar-refractivity contribution is 5.63. The molecule has 0 fully saturated rings. The van der Waals surface area contributed by atoms with Crippen molar-refractivity contribution in [1.29, 1.82) is 0 Å². The maximum absolute atomic E-state index is 9.46. The fourth-order valence-corrected chi connectivity index (χ4v) is 1.70. The van der Waals surface area contributed by atoms with Gasteiger partial charge in [-0.2, -0.15) is 4.98 Å². The Morgan fingerprint density at radius 3 is 2.60 bits per heavy atom. The summed E-state index contributed by atoms with van der Waals surface area (Å²) in [5, 5.41) is 22.5. The van der Waals surface area contributed by atoms with Gasteiger partial charge in [0.2, 0.25) is 5.82 Å². The lowest BCUT2D eigenvalue weighted by molar-refractivity contribution is 0.404. The zero-order valence-electron chi connectivity index (χ0n) is 10.2. The SMILES string of the molecule is Nc1cncc(-c2nc(-c3ccc(O)c(O)c3)no2)c1. The Morgan fingerprint density at radius 2 is 1.85 bits per heavy atom. The third-order valence-corrected chi connectivity index (χ3v) is 2.67. The maximum Gasteiger partial charge on any atom is 0.259 e. The third-order valence-electron chi connectivity index (χ3n) is 2.67. The molecule has 2 heterocycles. The minimum Gasteiger partial charge on any atom is -0.504 e. The highest BCUT2D eigenvalue weighted by Crippen LogP contribution is 2.30. The molecule has 7 heteroatoms. The first-order chi connectivity index (χ1) is 9.63. The van der Waals surface area contributed by atoms with Crippen LogP contribution in [-0.4, -0.2) is 25.3 Å². The Hall–Kier alpha value is -3.09. The van der Waals surface area contributed by atoms with Gasteiger partial charge in [0.25, 0.3) is 5.89 Å². The van der Waals surface area contributed by atoms with Crippen LogP contribution in [0, 0.1) is 0 Å². The molecule has 0 saturated heterocycles. The predicted molar refractivity (Wildman–Crippen MR) is 70.7 cm³/mol. The van der Waals surface area contributed by atoms with Crippen LogP contribution in [-0.2, 0) is 0 Å². The van der Waals surface area contributed by atoms with Crippen molar-refractivity contribution in [2.75, 3.05) is 5.73 Å². The predicted octanol–water partition coefficient (Wildman–Crippen LogP) is 1.79. The summed E-state index contributed by atoms with van der Waals surface area (Å²) in [4.78, 5) is 8.14. The number of benzene rings is 1. The van der Waals surface area contributed by atoms with Crippen molar-refractivity contribution in [1.82, 2.24) is 15.1 Å². The van der Waals surface area contributed by atoms with Crippen molar-refractivity contribution in [2.24, 2.45) is 0 Å². The van der Waals surface area contributed by atoms with Crippen molar-refractivity contribution < 1.29 is 14.7 Å². The second-order valence-electron chi connectivity index (χ2n) is 4.13. The summed E-state index contributed by atoms with van der Waals surface area (Å²) in [6.07, 6.45) is 3.07. The molecule has 3 aromatic rings. The van der Waals surface area contributed by atoms with Gasteiger partial charge in [-0.1, -0.05) is 5.16 Å². The molecule has 3 rings (SSSR count). The number of phenols is 2.